The Morgan fingerprint density at radius 3 is 2.15 bits per heavy atom. The van der Waals surface area contributed by atoms with Gasteiger partial charge in [-0.2, -0.15) is 0 Å². The molecular formula is C16H17O4. The van der Waals surface area contributed by atoms with Crippen molar-refractivity contribution in [3.8, 4) is 17.2 Å². The number of methoxy groups -OCH3 is 2. The van der Waals surface area contributed by atoms with Crippen LogP contribution < -0.4 is 14.2 Å². The van der Waals surface area contributed by atoms with Crippen LogP contribution in [0.1, 0.15) is 17.2 Å². The zero-order valence-electron chi connectivity index (χ0n) is 11.5. The van der Waals surface area contributed by atoms with E-state index in [9.17, 15) is 5.11 Å². The smallest absolute Gasteiger partial charge is 0.128 e. The zero-order valence-corrected chi connectivity index (χ0v) is 11.5. The lowest BCUT2D eigenvalue weighted by Crippen LogP contribution is -2.02. The fourth-order valence-electron chi connectivity index (χ4n) is 1.97. The van der Waals surface area contributed by atoms with Gasteiger partial charge in [0.05, 0.1) is 14.2 Å². The molecule has 0 aliphatic rings. The molecule has 2 aromatic carbocycles. The van der Waals surface area contributed by atoms with Crippen LogP contribution in [0.25, 0.3) is 0 Å². The third kappa shape index (κ3) is 2.86. The highest BCUT2D eigenvalue weighted by Crippen LogP contribution is 2.33. The molecule has 1 atom stereocenters. The maximum Gasteiger partial charge on any atom is 0.128 e. The Morgan fingerprint density at radius 1 is 0.950 bits per heavy atom. The Kier molecular flexibility index (Phi) is 4.48. The average Bonchev–Trinajstić information content (AvgIpc) is 2.53. The standard InChI is InChI=1S/C16H17O4/c1-18-12-6-4-11(5-7-12)16(17)14-9-8-13(19-2)10-15(14)20-3/h4-10,16-17H,1H2,2-3H3. The minimum atomic E-state index is -0.783. The summed E-state index contributed by atoms with van der Waals surface area (Å²) in [7, 11) is 6.48. The van der Waals surface area contributed by atoms with Crippen LogP contribution in [0.4, 0.5) is 0 Å². The lowest BCUT2D eigenvalue weighted by molar-refractivity contribution is 0.214. The minimum Gasteiger partial charge on any atom is -0.497 e. The molecule has 0 amide bonds. The van der Waals surface area contributed by atoms with Gasteiger partial charge in [0.15, 0.2) is 0 Å². The van der Waals surface area contributed by atoms with Crippen LogP contribution in [0, 0.1) is 7.11 Å². The second kappa shape index (κ2) is 6.30. The first kappa shape index (κ1) is 14.2. The third-order valence-corrected chi connectivity index (χ3v) is 3.10. The Labute approximate surface area is 118 Å². The van der Waals surface area contributed by atoms with Crippen molar-refractivity contribution in [2.24, 2.45) is 0 Å². The summed E-state index contributed by atoms with van der Waals surface area (Å²) < 4.78 is 15.3. The van der Waals surface area contributed by atoms with Crippen molar-refractivity contribution in [1.82, 2.24) is 0 Å². The van der Waals surface area contributed by atoms with E-state index in [1.54, 1.807) is 56.7 Å². The van der Waals surface area contributed by atoms with Crippen LogP contribution in [0.3, 0.4) is 0 Å². The van der Waals surface area contributed by atoms with E-state index in [2.05, 4.69) is 7.11 Å². The monoisotopic (exact) mass is 273 g/mol. The number of hydrogen-bond acceptors (Lipinski definition) is 4. The van der Waals surface area contributed by atoms with E-state index in [4.69, 9.17) is 14.2 Å². The Hall–Kier alpha value is -2.20. The van der Waals surface area contributed by atoms with E-state index in [0.29, 0.717) is 22.8 Å². The fourth-order valence-corrected chi connectivity index (χ4v) is 1.97. The molecule has 4 heteroatoms. The maximum absolute atomic E-state index is 10.5. The second-order valence-corrected chi connectivity index (χ2v) is 4.22. The largest absolute Gasteiger partial charge is 0.497 e. The Bertz CT molecular complexity index is 563. The van der Waals surface area contributed by atoms with Crippen LogP contribution in [-0.4, -0.2) is 19.3 Å². The molecule has 0 fully saturated rings. The summed E-state index contributed by atoms with van der Waals surface area (Å²) in [6, 6.07) is 12.4. The SMILES string of the molecule is [CH2]Oc1ccc(C(O)c2ccc(OC)cc2OC)cc1. The van der Waals surface area contributed by atoms with Crippen molar-refractivity contribution >= 4 is 0 Å². The molecule has 4 nitrogen and oxygen atoms in total. The minimum absolute atomic E-state index is 0.578. The molecule has 2 aromatic rings. The predicted octanol–water partition coefficient (Wildman–Crippen LogP) is 2.96. The van der Waals surface area contributed by atoms with Gasteiger partial charge in [-0.25, -0.2) is 0 Å². The van der Waals surface area contributed by atoms with Gasteiger partial charge in [0.25, 0.3) is 0 Å². The predicted molar refractivity (Wildman–Crippen MR) is 76.0 cm³/mol. The molecule has 0 aromatic heterocycles. The van der Waals surface area contributed by atoms with E-state index in [1.165, 1.54) is 0 Å². The van der Waals surface area contributed by atoms with Gasteiger partial charge in [-0.1, -0.05) is 12.1 Å². The van der Waals surface area contributed by atoms with Gasteiger partial charge in [-0.15, -0.1) is 0 Å². The van der Waals surface area contributed by atoms with Gasteiger partial charge in [0.1, 0.15) is 30.5 Å². The number of benzene rings is 2. The summed E-state index contributed by atoms with van der Waals surface area (Å²) in [5.74, 6) is 1.90. The first-order valence-corrected chi connectivity index (χ1v) is 6.11. The summed E-state index contributed by atoms with van der Waals surface area (Å²) in [6.45, 7) is 0. The molecule has 0 spiro atoms. The number of ether oxygens (including phenoxy) is 3. The number of aliphatic hydroxyl groups is 1. The number of rotatable bonds is 5. The lowest BCUT2D eigenvalue weighted by atomic mass is 10.0. The molecule has 1 radical (unpaired) electrons. The van der Waals surface area contributed by atoms with Crippen LogP contribution in [0.2, 0.25) is 0 Å². The Morgan fingerprint density at radius 2 is 1.60 bits per heavy atom. The van der Waals surface area contributed by atoms with Crippen molar-refractivity contribution in [2.45, 2.75) is 6.10 Å². The average molecular weight is 273 g/mol. The molecule has 0 bridgehead atoms. The van der Waals surface area contributed by atoms with Gasteiger partial charge < -0.3 is 19.3 Å². The quantitative estimate of drug-likeness (QED) is 0.910. The molecule has 1 N–H and O–H groups in total. The van der Waals surface area contributed by atoms with Gasteiger partial charge >= 0.3 is 0 Å². The number of hydrogen-bond donors (Lipinski definition) is 1. The highest BCUT2D eigenvalue weighted by molar-refractivity contribution is 5.45. The van der Waals surface area contributed by atoms with Gasteiger partial charge in [-0.05, 0) is 29.8 Å². The van der Waals surface area contributed by atoms with E-state index >= 15 is 0 Å². The summed E-state index contributed by atoms with van der Waals surface area (Å²) in [6.07, 6.45) is -0.783. The molecule has 1 unspecified atom stereocenters. The summed E-state index contributed by atoms with van der Waals surface area (Å²) >= 11 is 0. The molecular weight excluding hydrogens is 256 g/mol. The van der Waals surface area contributed by atoms with Crippen molar-refractivity contribution < 1.29 is 19.3 Å². The van der Waals surface area contributed by atoms with Gasteiger partial charge in [0.2, 0.25) is 0 Å². The van der Waals surface area contributed by atoms with Crippen LogP contribution in [0.15, 0.2) is 42.5 Å². The number of aliphatic hydroxyl groups excluding tert-OH is 1. The molecule has 2 rings (SSSR count). The molecule has 105 valence electrons. The van der Waals surface area contributed by atoms with Gasteiger partial charge in [0, 0.05) is 11.6 Å². The molecule has 0 saturated carbocycles. The van der Waals surface area contributed by atoms with E-state index < -0.39 is 6.10 Å². The molecule has 0 saturated heterocycles. The van der Waals surface area contributed by atoms with E-state index in [1.807, 2.05) is 0 Å². The first-order valence-electron chi connectivity index (χ1n) is 6.11. The van der Waals surface area contributed by atoms with E-state index in [0.717, 1.165) is 5.56 Å². The molecule has 0 aliphatic carbocycles. The van der Waals surface area contributed by atoms with Crippen LogP contribution in [-0.2, 0) is 0 Å². The van der Waals surface area contributed by atoms with Crippen molar-refractivity contribution in [2.75, 3.05) is 14.2 Å². The van der Waals surface area contributed by atoms with Crippen molar-refractivity contribution in [1.29, 1.82) is 0 Å². The maximum atomic E-state index is 10.5. The highest BCUT2D eigenvalue weighted by Gasteiger charge is 2.16. The topological polar surface area (TPSA) is 47.9 Å². The highest BCUT2D eigenvalue weighted by atomic mass is 16.5. The summed E-state index contributed by atoms with van der Waals surface area (Å²) in [4.78, 5) is 0. The first-order chi connectivity index (χ1) is 9.69. The summed E-state index contributed by atoms with van der Waals surface area (Å²) in [5.41, 5.74) is 1.42. The van der Waals surface area contributed by atoms with Crippen LogP contribution >= 0.6 is 0 Å². The van der Waals surface area contributed by atoms with Crippen molar-refractivity contribution in [3.05, 3.63) is 60.7 Å². The molecule has 20 heavy (non-hydrogen) atoms. The lowest BCUT2D eigenvalue weighted by Gasteiger charge is -2.16. The molecule has 0 aliphatic heterocycles. The third-order valence-electron chi connectivity index (χ3n) is 3.10. The second-order valence-electron chi connectivity index (χ2n) is 4.22. The normalized spacial score (nSPS) is 11.8. The van der Waals surface area contributed by atoms with E-state index in [-0.39, 0.29) is 0 Å². The summed E-state index contributed by atoms with van der Waals surface area (Å²) in [5, 5.41) is 10.5. The molecule has 0 heterocycles. The Balaban J connectivity index is 2.33. The fraction of sp³-hybridized carbons (Fsp3) is 0.188. The van der Waals surface area contributed by atoms with Gasteiger partial charge in [-0.3, -0.25) is 0 Å². The zero-order chi connectivity index (χ0) is 14.5. The van der Waals surface area contributed by atoms with Crippen molar-refractivity contribution in [3.63, 3.8) is 0 Å². The van der Waals surface area contributed by atoms with Crippen LogP contribution in [0.5, 0.6) is 17.2 Å².